The second-order valence-corrected chi connectivity index (χ2v) is 6.79. The zero-order valence-electron chi connectivity index (χ0n) is 17.3. The maximum atomic E-state index is 12.4. The van der Waals surface area contributed by atoms with Crippen LogP contribution < -0.4 is 10.1 Å². The molecule has 0 radical (unpaired) electrons. The molecule has 2 aromatic carbocycles. The Morgan fingerprint density at radius 1 is 1.10 bits per heavy atom. The summed E-state index contributed by atoms with van der Waals surface area (Å²) in [5.41, 5.74) is 3.00. The number of carbonyl (C=O) groups excluding carboxylic acids is 2. The van der Waals surface area contributed by atoms with Crippen LogP contribution in [0.15, 0.2) is 60.8 Å². The van der Waals surface area contributed by atoms with Gasteiger partial charge in [-0.15, -0.1) is 0 Å². The molecule has 156 valence electrons. The van der Waals surface area contributed by atoms with E-state index in [9.17, 15) is 9.59 Å². The van der Waals surface area contributed by atoms with E-state index in [-0.39, 0.29) is 17.5 Å². The average Bonchev–Trinajstić information content (AvgIpc) is 3.23. The molecule has 3 aromatic rings. The number of hydrogen-bond donors (Lipinski definition) is 1. The summed E-state index contributed by atoms with van der Waals surface area (Å²) in [4.78, 5) is 24.7. The number of carbonyl (C=O) groups is 2. The molecule has 1 atom stereocenters. The van der Waals surface area contributed by atoms with Gasteiger partial charge in [-0.05, 0) is 36.6 Å². The molecular formula is C23H25N3O4. The number of nitrogens with one attached hydrogen (secondary N) is 1. The first kappa shape index (κ1) is 21.1. The molecule has 30 heavy (non-hydrogen) atoms. The molecular weight excluding hydrogens is 382 g/mol. The van der Waals surface area contributed by atoms with Gasteiger partial charge >= 0.3 is 5.97 Å². The fourth-order valence-corrected chi connectivity index (χ4v) is 2.97. The van der Waals surface area contributed by atoms with Gasteiger partial charge in [0.2, 0.25) is 5.69 Å². The van der Waals surface area contributed by atoms with Crippen molar-refractivity contribution in [1.82, 2.24) is 15.1 Å². The molecule has 0 saturated heterocycles. The van der Waals surface area contributed by atoms with Gasteiger partial charge < -0.3 is 14.8 Å². The molecule has 1 N–H and O–H groups in total. The van der Waals surface area contributed by atoms with Crippen LogP contribution in [0.3, 0.4) is 0 Å². The van der Waals surface area contributed by atoms with Gasteiger partial charge in [0.05, 0.1) is 25.0 Å². The number of rotatable bonds is 8. The third-order valence-electron chi connectivity index (χ3n) is 4.71. The van der Waals surface area contributed by atoms with Crippen molar-refractivity contribution in [2.45, 2.75) is 26.3 Å². The van der Waals surface area contributed by atoms with Gasteiger partial charge in [-0.25, -0.2) is 9.48 Å². The smallest absolute Gasteiger partial charge is 0.363 e. The lowest BCUT2D eigenvalue weighted by Crippen LogP contribution is -2.31. The minimum atomic E-state index is -0.725. The Morgan fingerprint density at radius 2 is 1.80 bits per heavy atom. The number of benzene rings is 2. The first-order valence-electron chi connectivity index (χ1n) is 9.76. The second-order valence-electron chi connectivity index (χ2n) is 6.79. The quantitative estimate of drug-likeness (QED) is 0.578. The summed E-state index contributed by atoms with van der Waals surface area (Å²) < 4.78 is 11.9. The molecule has 0 aliphatic heterocycles. The largest absolute Gasteiger partial charge is 0.493 e. The Balaban J connectivity index is 1.59. The lowest BCUT2D eigenvalue weighted by atomic mass is 10.1. The van der Waals surface area contributed by atoms with Crippen LogP contribution in [0.25, 0.3) is 5.69 Å². The van der Waals surface area contributed by atoms with E-state index in [2.05, 4.69) is 17.3 Å². The highest BCUT2D eigenvalue weighted by Gasteiger charge is 2.21. The molecule has 0 aliphatic carbocycles. The summed E-state index contributed by atoms with van der Waals surface area (Å²) in [5, 5.41) is 7.07. The summed E-state index contributed by atoms with van der Waals surface area (Å²) >= 11 is 0. The number of amides is 1. The molecule has 1 aromatic heterocycles. The topological polar surface area (TPSA) is 82.5 Å². The van der Waals surface area contributed by atoms with Gasteiger partial charge in [0, 0.05) is 0 Å². The van der Waals surface area contributed by atoms with Crippen LogP contribution in [-0.2, 0) is 16.0 Å². The van der Waals surface area contributed by atoms with Crippen molar-refractivity contribution in [2.24, 2.45) is 0 Å². The van der Waals surface area contributed by atoms with E-state index in [4.69, 9.17) is 9.47 Å². The molecule has 0 spiro atoms. The molecule has 0 bridgehead atoms. The highest BCUT2D eigenvalue weighted by Crippen LogP contribution is 2.20. The molecule has 0 unspecified atom stereocenters. The monoisotopic (exact) mass is 407 g/mol. The highest BCUT2D eigenvalue weighted by molar-refractivity contribution is 5.92. The van der Waals surface area contributed by atoms with Crippen LogP contribution >= 0.6 is 0 Å². The van der Waals surface area contributed by atoms with E-state index in [0.717, 1.165) is 17.7 Å². The van der Waals surface area contributed by atoms with Crippen LogP contribution in [0.4, 0.5) is 0 Å². The number of hydrogen-bond acceptors (Lipinski definition) is 5. The van der Waals surface area contributed by atoms with E-state index < -0.39 is 18.5 Å². The number of methoxy groups -OCH3 is 1. The Bertz CT molecular complexity index is 997. The summed E-state index contributed by atoms with van der Waals surface area (Å²) in [5.74, 6) is -0.845. The fraction of sp³-hybridized carbons (Fsp3) is 0.261. The number of esters is 1. The van der Waals surface area contributed by atoms with E-state index in [1.807, 2.05) is 61.5 Å². The SMILES string of the molecule is CCc1ccc([C@H](C)NC(=O)COC(=O)c2nn(-c3ccccc3)cc2OC)cc1. The van der Waals surface area contributed by atoms with Crippen molar-refractivity contribution in [3.63, 3.8) is 0 Å². The molecule has 0 fully saturated rings. The van der Waals surface area contributed by atoms with Gasteiger partial charge in [0.15, 0.2) is 12.4 Å². The zero-order valence-corrected chi connectivity index (χ0v) is 17.3. The van der Waals surface area contributed by atoms with Crippen LogP contribution in [0.2, 0.25) is 0 Å². The minimum Gasteiger partial charge on any atom is -0.493 e. The molecule has 7 nitrogen and oxygen atoms in total. The molecule has 0 aliphatic rings. The first-order chi connectivity index (χ1) is 14.5. The van der Waals surface area contributed by atoms with Crippen LogP contribution in [0.1, 0.15) is 41.5 Å². The first-order valence-corrected chi connectivity index (χ1v) is 9.76. The fourth-order valence-electron chi connectivity index (χ4n) is 2.97. The molecule has 7 heteroatoms. The van der Waals surface area contributed by atoms with Gasteiger partial charge in [-0.2, -0.15) is 5.10 Å². The van der Waals surface area contributed by atoms with E-state index in [1.165, 1.54) is 17.4 Å². The Labute approximate surface area is 175 Å². The maximum Gasteiger partial charge on any atom is 0.363 e. The number of nitrogens with zero attached hydrogens (tertiary/aromatic N) is 2. The van der Waals surface area contributed by atoms with Crippen molar-refractivity contribution >= 4 is 11.9 Å². The van der Waals surface area contributed by atoms with E-state index in [1.54, 1.807) is 6.20 Å². The van der Waals surface area contributed by atoms with Crippen LogP contribution in [0.5, 0.6) is 5.75 Å². The van der Waals surface area contributed by atoms with Crippen molar-refractivity contribution in [3.8, 4) is 11.4 Å². The Kier molecular flexibility index (Phi) is 6.85. The van der Waals surface area contributed by atoms with Crippen molar-refractivity contribution < 1.29 is 19.1 Å². The maximum absolute atomic E-state index is 12.4. The summed E-state index contributed by atoms with van der Waals surface area (Å²) in [6.45, 7) is 3.56. The third-order valence-corrected chi connectivity index (χ3v) is 4.71. The summed E-state index contributed by atoms with van der Waals surface area (Å²) in [7, 11) is 1.45. The molecule has 3 rings (SSSR count). The Hall–Kier alpha value is -3.61. The predicted molar refractivity (Wildman–Crippen MR) is 113 cm³/mol. The van der Waals surface area contributed by atoms with Crippen molar-refractivity contribution in [1.29, 1.82) is 0 Å². The average molecular weight is 407 g/mol. The van der Waals surface area contributed by atoms with Gasteiger partial charge in [0.25, 0.3) is 5.91 Å². The minimum absolute atomic E-state index is 0.0114. The van der Waals surface area contributed by atoms with Crippen molar-refractivity contribution in [3.05, 3.63) is 77.6 Å². The third kappa shape index (κ3) is 5.05. The molecule has 1 heterocycles. The highest BCUT2D eigenvalue weighted by atomic mass is 16.5. The number of para-hydroxylation sites is 1. The summed E-state index contributed by atoms with van der Waals surface area (Å²) in [6, 6.07) is 17.2. The van der Waals surface area contributed by atoms with E-state index in [0.29, 0.717) is 0 Å². The lowest BCUT2D eigenvalue weighted by molar-refractivity contribution is -0.124. The lowest BCUT2D eigenvalue weighted by Gasteiger charge is -2.14. The molecule has 1 amide bonds. The van der Waals surface area contributed by atoms with Gasteiger partial charge in [-0.3, -0.25) is 4.79 Å². The Morgan fingerprint density at radius 3 is 2.43 bits per heavy atom. The van der Waals surface area contributed by atoms with Crippen molar-refractivity contribution in [2.75, 3.05) is 13.7 Å². The number of ether oxygens (including phenoxy) is 2. The number of aryl methyl sites for hydroxylation is 1. The number of aromatic nitrogens is 2. The summed E-state index contributed by atoms with van der Waals surface area (Å²) in [6.07, 6.45) is 2.55. The van der Waals surface area contributed by atoms with Gasteiger partial charge in [-0.1, -0.05) is 49.4 Å². The predicted octanol–water partition coefficient (Wildman–Crippen LogP) is 3.48. The standard InChI is InChI=1S/C23H25N3O4/c1-4-17-10-12-18(13-11-17)16(2)24-21(27)15-30-23(28)22-20(29-3)14-26(25-22)19-8-6-5-7-9-19/h5-14,16H,4,15H2,1-3H3,(H,24,27)/t16-/m0/s1. The zero-order chi connectivity index (χ0) is 21.5. The van der Waals surface area contributed by atoms with Gasteiger partial charge in [0.1, 0.15) is 0 Å². The van der Waals surface area contributed by atoms with Crippen LogP contribution in [-0.4, -0.2) is 35.4 Å². The molecule has 0 saturated carbocycles. The normalized spacial score (nSPS) is 11.6. The van der Waals surface area contributed by atoms with Crippen LogP contribution in [0, 0.1) is 0 Å². The van der Waals surface area contributed by atoms with E-state index >= 15 is 0 Å². The second kappa shape index (κ2) is 9.73.